The summed E-state index contributed by atoms with van der Waals surface area (Å²) in [5.74, 6) is 0. The van der Waals surface area contributed by atoms with Gasteiger partial charge in [0.2, 0.25) is 0 Å². The number of hydrogen-bond acceptors (Lipinski definition) is 3. The van der Waals surface area contributed by atoms with E-state index in [1.165, 1.54) is 0 Å². The van der Waals surface area contributed by atoms with E-state index in [1.54, 1.807) is 0 Å². The maximum absolute atomic E-state index is 10.2. The van der Waals surface area contributed by atoms with Crippen molar-refractivity contribution in [2.45, 2.75) is 25.4 Å². The molecule has 2 rings (SSSR count). The highest BCUT2D eigenvalue weighted by Gasteiger charge is 2.16. The van der Waals surface area contributed by atoms with Gasteiger partial charge < -0.3 is 4.79 Å². The molecule has 0 spiro atoms. The molecule has 16 heavy (non-hydrogen) atoms. The molecule has 1 N–H and O–H groups in total. The van der Waals surface area contributed by atoms with Gasteiger partial charge in [-0.1, -0.05) is 30.3 Å². The van der Waals surface area contributed by atoms with Gasteiger partial charge in [-0.05, 0) is 24.5 Å². The van der Waals surface area contributed by atoms with Crippen molar-refractivity contribution < 1.29 is 9.63 Å². The van der Waals surface area contributed by atoms with Crippen LogP contribution in [-0.4, -0.2) is 12.4 Å². The largest absolute Gasteiger partial charge is 0.303 e. The molecule has 1 aliphatic rings. The molecule has 0 aromatic heterocycles. The second-order valence-corrected chi connectivity index (χ2v) is 3.80. The quantitative estimate of drug-likeness (QED) is 0.607. The van der Waals surface area contributed by atoms with E-state index in [1.807, 2.05) is 30.3 Å². The number of hydrogen-bond donors (Lipinski definition) is 1. The van der Waals surface area contributed by atoms with Crippen molar-refractivity contribution in [2.75, 3.05) is 0 Å². The number of carbonyl (C=O) groups is 1. The van der Waals surface area contributed by atoms with E-state index in [2.05, 4.69) is 11.6 Å². The standard InChI is InChI=1S/C13H15NO2/c15-9-5-4-8-12-10-13(14-16-12)11-6-2-1-3-7-11/h1-3,6-7,9-10,12,14H,4-5,8H2. The van der Waals surface area contributed by atoms with E-state index in [0.717, 1.165) is 30.4 Å². The number of hydroxylamine groups is 1. The zero-order chi connectivity index (χ0) is 11.2. The fraction of sp³-hybridized carbons (Fsp3) is 0.308. The number of benzene rings is 1. The van der Waals surface area contributed by atoms with E-state index in [-0.39, 0.29) is 6.10 Å². The zero-order valence-electron chi connectivity index (χ0n) is 9.06. The SMILES string of the molecule is O=CCCCC1C=C(c2ccccc2)NO1. The molecule has 0 amide bonds. The number of nitrogens with one attached hydrogen (secondary N) is 1. The maximum Gasteiger partial charge on any atom is 0.119 e. The fourth-order valence-corrected chi connectivity index (χ4v) is 1.71. The van der Waals surface area contributed by atoms with Gasteiger partial charge in [-0.3, -0.25) is 10.3 Å². The highest BCUT2D eigenvalue weighted by molar-refractivity contribution is 5.64. The lowest BCUT2D eigenvalue weighted by Gasteiger charge is -2.05. The summed E-state index contributed by atoms with van der Waals surface area (Å²) in [6.45, 7) is 0. The molecule has 1 aliphatic heterocycles. The molecule has 1 atom stereocenters. The molecule has 0 bridgehead atoms. The lowest BCUT2D eigenvalue weighted by Crippen LogP contribution is -2.11. The number of rotatable bonds is 5. The van der Waals surface area contributed by atoms with E-state index < -0.39 is 0 Å². The summed E-state index contributed by atoms with van der Waals surface area (Å²) in [6.07, 6.45) is 5.45. The third-order valence-electron chi connectivity index (χ3n) is 2.57. The predicted molar refractivity (Wildman–Crippen MR) is 62.3 cm³/mol. The Hall–Kier alpha value is -1.61. The van der Waals surface area contributed by atoms with Crippen molar-refractivity contribution in [1.29, 1.82) is 0 Å². The second kappa shape index (κ2) is 5.47. The molecule has 3 heteroatoms. The number of aldehydes is 1. The van der Waals surface area contributed by atoms with E-state index in [9.17, 15) is 4.79 Å². The molecule has 0 saturated heterocycles. The fourth-order valence-electron chi connectivity index (χ4n) is 1.71. The second-order valence-electron chi connectivity index (χ2n) is 3.80. The third kappa shape index (κ3) is 2.70. The van der Waals surface area contributed by atoms with Crippen molar-refractivity contribution >= 4 is 12.0 Å². The minimum Gasteiger partial charge on any atom is -0.303 e. The summed E-state index contributed by atoms with van der Waals surface area (Å²) < 4.78 is 0. The van der Waals surface area contributed by atoms with Gasteiger partial charge in [-0.2, -0.15) is 0 Å². The lowest BCUT2D eigenvalue weighted by atomic mass is 10.1. The van der Waals surface area contributed by atoms with Crippen LogP contribution in [0.5, 0.6) is 0 Å². The lowest BCUT2D eigenvalue weighted by molar-refractivity contribution is -0.108. The van der Waals surface area contributed by atoms with Crippen molar-refractivity contribution in [3.05, 3.63) is 42.0 Å². The summed E-state index contributed by atoms with van der Waals surface area (Å²) in [5, 5.41) is 0. The van der Waals surface area contributed by atoms with E-state index in [0.29, 0.717) is 6.42 Å². The first kappa shape index (κ1) is 10.9. The number of unbranched alkanes of at least 4 members (excludes halogenated alkanes) is 1. The van der Waals surface area contributed by atoms with Gasteiger partial charge in [-0.25, -0.2) is 0 Å². The Morgan fingerprint density at radius 1 is 1.31 bits per heavy atom. The van der Waals surface area contributed by atoms with E-state index >= 15 is 0 Å². The third-order valence-corrected chi connectivity index (χ3v) is 2.57. The van der Waals surface area contributed by atoms with Gasteiger partial charge in [0.15, 0.2) is 0 Å². The highest BCUT2D eigenvalue weighted by atomic mass is 16.7. The van der Waals surface area contributed by atoms with Crippen LogP contribution in [0.4, 0.5) is 0 Å². The Morgan fingerprint density at radius 3 is 2.88 bits per heavy atom. The summed E-state index contributed by atoms with van der Waals surface area (Å²) in [5.41, 5.74) is 5.06. The van der Waals surface area contributed by atoms with Gasteiger partial charge in [-0.15, -0.1) is 0 Å². The van der Waals surface area contributed by atoms with Gasteiger partial charge in [0, 0.05) is 6.42 Å². The molecule has 84 valence electrons. The van der Waals surface area contributed by atoms with Crippen LogP contribution < -0.4 is 5.48 Å². The summed E-state index contributed by atoms with van der Waals surface area (Å²) >= 11 is 0. The first-order valence-corrected chi connectivity index (χ1v) is 5.52. The Bertz CT molecular complexity index is 373. The first-order valence-electron chi connectivity index (χ1n) is 5.52. The number of carbonyl (C=O) groups excluding carboxylic acids is 1. The molecule has 1 aromatic carbocycles. The molecule has 1 heterocycles. The monoisotopic (exact) mass is 217 g/mol. The van der Waals surface area contributed by atoms with Crippen LogP contribution in [0.3, 0.4) is 0 Å². The Labute approximate surface area is 95.1 Å². The summed E-state index contributed by atoms with van der Waals surface area (Å²) in [4.78, 5) is 15.6. The van der Waals surface area contributed by atoms with Gasteiger partial charge >= 0.3 is 0 Å². The molecular weight excluding hydrogens is 202 g/mol. The van der Waals surface area contributed by atoms with Crippen LogP contribution in [0.1, 0.15) is 24.8 Å². The smallest absolute Gasteiger partial charge is 0.119 e. The summed E-state index contributed by atoms with van der Waals surface area (Å²) in [6, 6.07) is 10.1. The van der Waals surface area contributed by atoms with E-state index in [4.69, 9.17) is 4.84 Å². The van der Waals surface area contributed by atoms with Crippen LogP contribution >= 0.6 is 0 Å². The van der Waals surface area contributed by atoms with Crippen molar-refractivity contribution in [1.82, 2.24) is 5.48 Å². The van der Waals surface area contributed by atoms with Gasteiger partial charge in [0.25, 0.3) is 0 Å². The topological polar surface area (TPSA) is 38.3 Å². The Balaban J connectivity index is 1.93. The molecule has 3 nitrogen and oxygen atoms in total. The minimum atomic E-state index is 0.0788. The molecule has 0 saturated carbocycles. The predicted octanol–water partition coefficient (Wildman–Crippen LogP) is 2.30. The zero-order valence-corrected chi connectivity index (χ0v) is 9.06. The highest BCUT2D eigenvalue weighted by Crippen LogP contribution is 2.20. The molecule has 0 fully saturated rings. The van der Waals surface area contributed by atoms with Crippen LogP contribution in [0.25, 0.3) is 5.70 Å². The normalized spacial score (nSPS) is 19.0. The maximum atomic E-state index is 10.2. The Kier molecular flexibility index (Phi) is 3.72. The van der Waals surface area contributed by atoms with Gasteiger partial charge in [0.05, 0.1) is 5.70 Å². The molecular formula is C13H15NO2. The van der Waals surface area contributed by atoms with Crippen LogP contribution in [0.15, 0.2) is 36.4 Å². The van der Waals surface area contributed by atoms with Crippen molar-refractivity contribution in [3.8, 4) is 0 Å². The van der Waals surface area contributed by atoms with Crippen LogP contribution in [0, 0.1) is 0 Å². The molecule has 0 radical (unpaired) electrons. The minimum absolute atomic E-state index is 0.0788. The van der Waals surface area contributed by atoms with Crippen molar-refractivity contribution in [3.63, 3.8) is 0 Å². The molecule has 1 aromatic rings. The molecule has 1 unspecified atom stereocenters. The average molecular weight is 217 g/mol. The summed E-state index contributed by atoms with van der Waals surface area (Å²) in [7, 11) is 0. The Morgan fingerprint density at radius 2 is 2.12 bits per heavy atom. The first-order chi connectivity index (χ1) is 7.90. The van der Waals surface area contributed by atoms with Crippen molar-refractivity contribution in [2.24, 2.45) is 0 Å². The van der Waals surface area contributed by atoms with Crippen LogP contribution in [-0.2, 0) is 9.63 Å². The molecule has 0 aliphatic carbocycles. The average Bonchev–Trinajstić information content (AvgIpc) is 2.79. The van der Waals surface area contributed by atoms with Gasteiger partial charge in [0.1, 0.15) is 12.4 Å². The van der Waals surface area contributed by atoms with Crippen LogP contribution in [0.2, 0.25) is 0 Å².